The monoisotopic (exact) mass is 474 g/mol. The van der Waals surface area contributed by atoms with Crippen molar-refractivity contribution in [1.82, 2.24) is 19.4 Å². The van der Waals surface area contributed by atoms with Gasteiger partial charge < -0.3 is 9.64 Å². The molecule has 0 N–H and O–H groups in total. The largest absolute Gasteiger partial charge is 0.497 e. The van der Waals surface area contributed by atoms with Crippen LogP contribution in [-0.2, 0) is 17.9 Å². The number of carbonyl (C=O) groups excluding carboxylic acids is 1. The van der Waals surface area contributed by atoms with Crippen LogP contribution in [0.2, 0.25) is 0 Å². The van der Waals surface area contributed by atoms with E-state index in [1.807, 2.05) is 53.4 Å². The fraction of sp³-hybridized carbons (Fsp3) is 0.269. The van der Waals surface area contributed by atoms with E-state index >= 15 is 0 Å². The van der Waals surface area contributed by atoms with E-state index in [1.165, 1.54) is 27.8 Å². The van der Waals surface area contributed by atoms with Crippen LogP contribution in [0.4, 0.5) is 0 Å². The minimum Gasteiger partial charge on any atom is -0.497 e. The molecule has 34 heavy (non-hydrogen) atoms. The van der Waals surface area contributed by atoms with E-state index in [-0.39, 0.29) is 18.0 Å². The second-order valence-corrected chi connectivity index (χ2v) is 9.41. The van der Waals surface area contributed by atoms with Gasteiger partial charge in [0.05, 0.1) is 18.8 Å². The quantitative estimate of drug-likeness (QED) is 0.428. The molecule has 2 aromatic heterocycles. The highest BCUT2D eigenvalue weighted by molar-refractivity contribution is 7.21. The molecule has 0 saturated carbocycles. The maximum atomic E-state index is 13.0. The SMILES string of the molecule is COc1ccc(CN2CCN(C(=O)Cn3cnc4sc(-c5ccccc5)cc4c3=O)CC2)cc1. The molecule has 174 valence electrons. The summed E-state index contributed by atoms with van der Waals surface area (Å²) in [7, 11) is 1.66. The zero-order valence-corrected chi connectivity index (χ0v) is 19.8. The summed E-state index contributed by atoms with van der Waals surface area (Å²) in [4.78, 5) is 36.3. The van der Waals surface area contributed by atoms with Gasteiger partial charge in [0.25, 0.3) is 5.56 Å². The van der Waals surface area contributed by atoms with Crippen LogP contribution < -0.4 is 10.3 Å². The van der Waals surface area contributed by atoms with Crippen molar-refractivity contribution in [2.75, 3.05) is 33.3 Å². The highest BCUT2D eigenvalue weighted by atomic mass is 32.1. The Morgan fingerprint density at radius 1 is 1.03 bits per heavy atom. The first kappa shape index (κ1) is 22.3. The van der Waals surface area contributed by atoms with Gasteiger partial charge in [0.1, 0.15) is 17.1 Å². The highest BCUT2D eigenvalue weighted by Crippen LogP contribution is 2.30. The van der Waals surface area contributed by atoms with Crippen molar-refractivity contribution >= 4 is 27.5 Å². The van der Waals surface area contributed by atoms with Crippen LogP contribution >= 0.6 is 11.3 Å². The first-order valence-corrected chi connectivity index (χ1v) is 12.1. The van der Waals surface area contributed by atoms with Gasteiger partial charge in [0.2, 0.25) is 5.91 Å². The summed E-state index contributed by atoms with van der Waals surface area (Å²) in [5.41, 5.74) is 2.10. The van der Waals surface area contributed by atoms with Crippen molar-refractivity contribution < 1.29 is 9.53 Å². The van der Waals surface area contributed by atoms with Crippen LogP contribution in [0.3, 0.4) is 0 Å². The molecular weight excluding hydrogens is 448 g/mol. The Hall–Kier alpha value is -3.49. The van der Waals surface area contributed by atoms with Gasteiger partial charge in [-0.05, 0) is 29.3 Å². The predicted octanol–water partition coefficient (Wildman–Crippen LogP) is 3.48. The van der Waals surface area contributed by atoms with E-state index in [4.69, 9.17) is 4.74 Å². The van der Waals surface area contributed by atoms with E-state index in [1.54, 1.807) is 7.11 Å². The maximum absolute atomic E-state index is 13.0. The molecule has 0 spiro atoms. The van der Waals surface area contributed by atoms with Crippen LogP contribution in [0.25, 0.3) is 20.7 Å². The summed E-state index contributed by atoms with van der Waals surface area (Å²) in [6, 6.07) is 19.9. The Balaban J connectivity index is 1.21. The van der Waals surface area contributed by atoms with Crippen molar-refractivity contribution in [3.05, 3.63) is 82.9 Å². The average molecular weight is 475 g/mol. The van der Waals surface area contributed by atoms with Crippen LogP contribution in [0.15, 0.2) is 71.8 Å². The fourth-order valence-electron chi connectivity index (χ4n) is 4.21. The number of rotatable bonds is 6. The highest BCUT2D eigenvalue weighted by Gasteiger charge is 2.22. The summed E-state index contributed by atoms with van der Waals surface area (Å²) in [6.07, 6.45) is 1.49. The van der Waals surface area contributed by atoms with Crippen molar-refractivity contribution in [2.45, 2.75) is 13.1 Å². The first-order chi connectivity index (χ1) is 16.6. The summed E-state index contributed by atoms with van der Waals surface area (Å²) in [5, 5.41) is 0.559. The Morgan fingerprint density at radius 2 is 1.76 bits per heavy atom. The van der Waals surface area contributed by atoms with Crippen molar-refractivity contribution in [3.63, 3.8) is 0 Å². The number of ether oxygens (including phenoxy) is 1. The van der Waals surface area contributed by atoms with Gasteiger partial charge in [-0.1, -0.05) is 42.5 Å². The summed E-state index contributed by atoms with van der Waals surface area (Å²) < 4.78 is 6.64. The standard InChI is InChI=1S/C26H26N4O3S/c1-33-21-9-7-19(8-10-21)16-28-11-13-29(14-12-28)24(31)17-30-18-27-25-22(26(30)32)15-23(34-25)20-5-3-2-4-6-20/h2-10,15,18H,11-14,16-17H2,1H3. The van der Waals surface area contributed by atoms with Crippen LogP contribution in [0.1, 0.15) is 5.56 Å². The number of thiophene rings is 1. The molecule has 1 aliphatic heterocycles. The number of aromatic nitrogens is 2. The van der Waals surface area contributed by atoms with Gasteiger partial charge in [-0.15, -0.1) is 11.3 Å². The topological polar surface area (TPSA) is 67.7 Å². The molecule has 4 aromatic rings. The number of nitrogens with zero attached hydrogens (tertiary/aromatic N) is 4. The van der Waals surface area contributed by atoms with Gasteiger partial charge in [-0.25, -0.2) is 4.98 Å². The minimum atomic E-state index is -0.171. The second-order valence-electron chi connectivity index (χ2n) is 8.38. The summed E-state index contributed by atoms with van der Waals surface area (Å²) in [5.74, 6) is 0.798. The molecule has 1 saturated heterocycles. The molecule has 2 aromatic carbocycles. The Kier molecular flexibility index (Phi) is 6.42. The minimum absolute atomic E-state index is 0.0107. The van der Waals surface area contributed by atoms with Gasteiger partial charge in [0.15, 0.2) is 0 Å². The normalized spacial score (nSPS) is 14.4. The molecule has 0 atom stereocenters. The third kappa shape index (κ3) is 4.73. The molecule has 1 aliphatic rings. The van der Waals surface area contributed by atoms with Crippen LogP contribution in [0, 0.1) is 0 Å². The first-order valence-electron chi connectivity index (χ1n) is 11.3. The molecule has 3 heterocycles. The number of methoxy groups -OCH3 is 1. The van der Waals surface area contributed by atoms with Crippen LogP contribution in [0.5, 0.6) is 5.75 Å². The molecule has 0 radical (unpaired) electrons. The van der Waals surface area contributed by atoms with Gasteiger partial charge in [-0.3, -0.25) is 19.1 Å². The number of benzene rings is 2. The van der Waals surface area contributed by atoms with E-state index in [2.05, 4.69) is 22.0 Å². The zero-order chi connectivity index (χ0) is 23.5. The van der Waals surface area contributed by atoms with Gasteiger partial charge in [-0.2, -0.15) is 0 Å². The summed E-state index contributed by atoms with van der Waals surface area (Å²) in [6.45, 7) is 3.75. The number of amides is 1. The average Bonchev–Trinajstić information content (AvgIpc) is 3.32. The van der Waals surface area contributed by atoms with Crippen molar-refractivity contribution in [3.8, 4) is 16.2 Å². The zero-order valence-electron chi connectivity index (χ0n) is 19.0. The van der Waals surface area contributed by atoms with Gasteiger partial charge in [0, 0.05) is 37.6 Å². The predicted molar refractivity (Wildman–Crippen MR) is 134 cm³/mol. The van der Waals surface area contributed by atoms with Crippen molar-refractivity contribution in [2.24, 2.45) is 0 Å². The summed E-state index contributed by atoms with van der Waals surface area (Å²) >= 11 is 1.49. The van der Waals surface area contributed by atoms with Crippen molar-refractivity contribution in [1.29, 1.82) is 0 Å². The second kappa shape index (κ2) is 9.79. The number of piperazine rings is 1. The van der Waals surface area contributed by atoms with E-state index in [0.717, 1.165) is 35.8 Å². The molecule has 7 nitrogen and oxygen atoms in total. The molecular formula is C26H26N4O3S. The Morgan fingerprint density at radius 3 is 2.47 bits per heavy atom. The van der Waals surface area contributed by atoms with E-state index in [9.17, 15) is 9.59 Å². The molecule has 0 aliphatic carbocycles. The lowest BCUT2D eigenvalue weighted by Gasteiger charge is -2.34. The smallest absolute Gasteiger partial charge is 0.262 e. The van der Waals surface area contributed by atoms with Crippen LogP contribution in [-0.4, -0.2) is 58.5 Å². The molecule has 5 rings (SSSR count). The number of carbonyl (C=O) groups is 1. The third-order valence-corrected chi connectivity index (χ3v) is 7.26. The molecule has 8 heteroatoms. The maximum Gasteiger partial charge on any atom is 0.262 e. The number of fused-ring (bicyclic) bond motifs is 1. The van der Waals surface area contributed by atoms with E-state index < -0.39 is 0 Å². The molecule has 1 fully saturated rings. The Labute approximate surface area is 201 Å². The van der Waals surface area contributed by atoms with Gasteiger partial charge >= 0.3 is 0 Å². The lowest BCUT2D eigenvalue weighted by atomic mass is 10.2. The number of hydrogen-bond acceptors (Lipinski definition) is 6. The third-order valence-electron chi connectivity index (χ3n) is 6.17. The molecule has 0 bridgehead atoms. The lowest BCUT2D eigenvalue weighted by Crippen LogP contribution is -2.49. The lowest BCUT2D eigenvalue weighted by molar-refractivity contribution is -0.133. The van der Waals surface area contributed by atoms with E-state index in [0.29, 0.717) is 23.3 Å². The fourth-order valence-corrected chi connectivity index (χ4v) is 5.20. The Bertz CT molecular complexity index is 1340. The molecule has 1 amide bonds. The number of hydrogen-bond donors (Lipinski definition) is 0. The molecule has 0 unspecified atom stereocenters.